The quantitative estimate of drug-likeness (QED) is 0.732. The van der Waals surface area contributed by atoms with Gasteiger partial charge in [-0.15, -0.1) is 0 Å². The number of amides is 1. The predicted octanol–water partition coefficient (Wildman–Crippen LogP) is 4.29. The maximum Gasteiger partial charge on any atom is 0.387 e. The number of benzene rings is 2. The molecule has 0 spiro atoms. The second-order valence-electron chi connectivity index (χ2n) is 4.72. The number of anilines is 1. The standard InChI is InChI=1S/C16H12F5NO4/c1-24-13-6-8(2-4-12(13)26-16(20)21)14(23)22-9-3-5-11(10(17)7-9)25-15(18)19/h2-7,15-16H,1H3,(H,22,23). The Balaban J connectivity index is 2.15. The molecule has 2 rings (SSSR count). The number of ether oxygens (including phenoxy) is 3. The van der Waals surface area contributed by atoms with E-state index >= 15 is 0 Å². The van der Waals surface area contributed by atoms with Crippen molar-refractivity contribution in [2.45, 2.75) is 13.2 Å². The molecule has 2 aromatic rings. The Morgan fingerprint density at radius 3 is 2.12 bits per heavy atom. The van der Waals surface area contributed by atoms with Crippen molar-refractivity contribution in [3.8, 4) is 17.2 Å². The van der Waals surface area contributed by atoms with Crippen LogP contribution >= 0.6 is 0 Å². The second-order valence-corrected chi connectivity index (χ2v) is 4.72. The average Bonchev–Trinajstić information content (AvgIpc) is 2.56. The monoisotopic (exact) mass is 377 g/mol. The Morgan fingerprint density at radius 1 is 0.923 bits per heavy atom. The highest BCUT2D eigenvalue weighted by Crippen LogP contribution is 2.30. The number of hydrogen-bond donors (Lipinski definition) is 1. The van der Waals surface area contributed by atoms with Gasteiger partial charge in [-0.3, -0.25) is 4.79 Å². The third kappa shape index (κ3) is 4.98. The Morgan fingerprint density at radius 2 is 1.54 bits per heavy atom. The average molecular weight is 377 g/mol. The minimum absolute atomic E-state index is 0.0109. The van der Waals surface area contributed by atoms with E-state index < -0.39 is 30.7 Å². The van der Waals surface area contributed by atoms with Crippen LogP contribution < -0.4 is 19.5 Å². The molecular formula is C16H12F5NO4. The van der Waals surface area contributed by atoms with Crippen molar-refractivity contribution < 1.29 is 41.0 Å². The minimum atomic E-state index is -3.19. The lowest BCUT2D eigenvalue weighted by molar-refractivity contribution is -0.0524. The first-order chi connectivity index (χ1) is 12.3. The van der Waals surface area contributed by atoms with Crippen molar-refractivity contribution in [1.82, 2.24) is 0 Å². The first-order valence-corrected chi connectivity index (χ1v) is 6.98. The molecule has 0 bridgehead atoms. The largest absolute Gasteiger partial charge is 0.493 e. The Kier molecular flexibility index (Phi) is 6.21. The van der Waals surface area contributed by atoms with Gasteiger partial charge in [0.2, 0.25) is 0 Å². The molecular weight excluding hydrogens is 365 g/mol. The van der Waals surface area contributed by atoms with Crippen LogP contribution in [0.3, 0.4) is 0 Å². The molecule has 2 aromatic carbocycles. The topological polar surface area (TPSA) is 56.8 Å². The maximum absolute atomic E-state index is 13.6. The van der Waals surface area contributed by atoms with E-state index in [1.165, 1.54) is 13.2 Å². The summed E-state index contributed by atoms with van der Waals surface area (Å²) in [6.45, 7) is -6.26. The second kappa shape index (κ2) is 8.37. The fraction of sp³-hybridized carbons (Fsp3) is 0.188. The van der Waals surface area contributed by atoms with Gasteiger partial charge in [-0.2, -0.15) is 17.6 Å². The van der Waals surface area contributed by atoms with E-state index in [2.05, 4.69) is 14.8 Å². The lowest BCUT2D eigenvalue weighted by atomic mass is 10.1. The van der Waals surface area contributed by atoms with Crippen LogP contribution in [0.4, 0.5) is 27.6 Å². The third-order valence-corrected chi connectivity index (χ3v) is 3.05. The van der Waals surface area contributed by atoms with Crippen LogP contribution in [0.5, 0.6) is 17.2 Å². The van der Waals surface area contributed by atoms with Crippen molar-refractivity contribution in [1.29, 1.82) is 0 Å². The molecule has 0 aliphatic carbocycles. The summed E-state index contributed by atoms with van der Waals surface area (Å²) < 4.78 is 75.4. The number of alkyl halides is 4. The zero-order chi connectivity index (χ0) is 19.3. The molecule has 0 fully saturated rings. The number of halogens is 5. The van der Waals surface area contributed by atoms with Gasteiger partial charge in [-0.25, -0.2) is 4.39 Å². The van der Waals surface area contributed by atoms with Crippen molar-refractivity contribution in [2.24, 2.45) is 0 Å². The molecule has 1 amide bonds. The molecule has 0 aromatic heterocycles. The summed E-state index contributed by atoms with van der Waals surface area (Å²) in [5.41, 5.74) is -0.0160. The van der Waals surface area contributed by atoms with E-state index in [9.17, 15) is 26.7 Å². The number of carbonyl (C=O) groups is 1. The number of carbonyl (C=O) groups excluding carboxylic acids is 1. The molecule has 0 atom stereocenters. The van der Waals surface area contributed by atoms with Gasteiger partial charge in [0, 0.05) is 17.3 Å². The van der Waals surface area contributed by atoms with Gasteiger partial charge in [-0.05, 0) is 30.3 Å². The molecule has 0 saturated carbocycles. The van der Waals surface area contributed by atoms with Gasteiger partial charge in [0.15, 0.2) is 23.1 Å². The highest BCUT2D eigenvalue weighted by atomic mass is 19.3. The SMILES string of the molecule is COc1cc(C(=O)Nc2ccc(OC(F)F)c(F)c2)ccc1OC(F)F. The summed E-state index contributed by atoms with van der Waals surface area (Å²) in [5, 5.41) is 2.32. The summed E-state index contributed by atoms with van der Waals surface area (Å²) in [4.78, 5) is 12.2. The smallest absolute Gasteiger partial charge is 0.387 e. The van der Waals surface area contributed by atoms with Crippen molar-refractivity contribution in [3.05, 3.63) is 47.8 Å². The highest BCUT2D eigenvalue weighted by molar-refractivity contribution is 6.04. The molecule has 0 aliphatic rings. The Bertz CT molecular complexity index is 785. The van der Waals surface area contributed by atoms with Crippen LogP contribution in [0.25, 0.3) is 0 Å². The summed E-state index contributed by atoms with van der Waals surface area (Å²) in [5.74, 6) is -2.85. The van der Waals surface area contributed by atoms with Crippen molar-refractivity contribution >= 4 is 11.6 Å². The predicted molar refractivity (Wildman–Crippen MR) is 80.6 cm³/mol. The summed E-state index contributed by atoms with van der Waals surface area (Å²) >= 11 is 0. The number of methoxy groups -OCH3 is 1. The van der Waals surface area contributed by atoms with Crippen molar-refractivity contribution in [2.75, 3.05) is 12.4 Å². The minimum Gasteiger partial charge on any atom is -0.493 e. The number of nitrogens with one attached hydrogen (secondary N) is 1. The number of rotatable bonds is 7. The first kappa shape index (κ1) is 19.3. The summed E-state index contributed by atoms with van der Waals surface area (Å²) in [6, 6.07) is 6.33. The van der Waals surface area contributed by atoms with Crippen LogP contribution in [-0.2, 0) is 0 Å². The maximum atomic E-state index is 13.6. The molecule has 0 aliphatic heterocycles. The Labute approximate surface area is 144 Å². The van der Waals surface area contributed by atoms with E-state index in [0.29, 0.717) is 0 Å². The van der Waals surface area contributed by atoms with Crippen molar-refractivity contribution in [3.63, 3.8) is 0 Å². The van der Waals surface area contributed by atoms with Gasteiger partial charge in [0.05, 0.1) is 7.11 Å². The molecule has 0 heterocycles. The molecule has 1 N–H and O–H groups in total. The molecule has 0 radical (unpaired) electrons. The van der Waals surface area contributed by atoms with Crippen LogP contribution in [0.2, 0.25) is 0 Å². The first-order valence-electron chi connectivity index (χ1n) is 6.98. The van der Waals surface area contributed by atoms with Gasteiger partial charge in [-0.1, -0.05) is 0 Å². The summed E-state index contributed by atoms with van der Waals surface area (Å²) in [6.07, 6.45) is 0. The molecule has 5 nitrogen and oxygen atoms in total. The molecule has 10 heteroatoms. The van der Waals surface area contributed by atoms with Crippen LogP contribution in [0, 0.1) is 5.82 Å². The highest BCUT2D eigenvalue weighted by Gasteiger charge is 2.15. The zero-order valence-corrected chi connectivity index (χ0v) is 13.1. The lowest BCUT2D eigenvalue weighted by Gasteiger charge is -2.12. The summed E-state index contributed by atoms with van der Waals surface area (Å²) in [7, 11) is 1.20. The molecule has 0 saturated heterocycles. The molecule has 140 valence electrons. The fourth-order valence-electron chi connectivity index (χ4n) is 1.98. The Hall–Kier alpha value is -3.04. The van der Waals surface area contributed by atoms with E-state index in [0.717, 1.165) is 30.3 Å². The zero-order valence-electron chi connectivity index (χ0n) is 13.1. The van der Waals surface area contributed by atoms with E-state index in [1.54, 1.807) is 0 Å². The fourth-order valence-corrected chi connectivity index (χ4v) is 1.98. The van der Waals surface area contributed by atoms with Gasteiger partial charge in [0.25, 0.3) is 5.91 Å². The van der Waals surface area contributed by atoms with E-state index in [1.807, 2.05) is 0 Å². The number of hydrogen-bond acceptors (Lipinski definition) is 4. The van der Waals surface area contributed by atoms with Crippen LogP contribution in [0.15, 0.2) is 36.4 Å². The molecule has 0 unspecified atom stereocenters. The van der Waals surface area contributed by atoms with Gasteiger partial charge < -0.3 is 19.5 Å². The van der Waals surface area contributed by atoms with Crippen LogP contribution in [0.1, 0.15) is 10.4 Å². The van der Waals surface area contributed by atoms with E-state index in [4.69, 9.17) is 4.74 Å². The lowest BCUT2D eigenvalue weighted by Crippen LogP contribution is -2.13. The van der Waals surface area contributed by atoms with Crippen LogP contribution in [-0.4, -0.2) is 26.2 Å². The molecule has 26 heavy (non-hydrogen) atoms. The normalized spacial score (nSPS) is 10.8. The van der Waals surface area contributed by atoms with Gasteiger partial charge >= 0.3 is 13.2 Å². The van der Waals surface area contributed by atoms with Gasteiger partial charge in [0.1, 0.15) is 0 Å². The third-order valence-electron chi connectivity index (χ3n) is 3.05. The van der Waals surface area contributed by atoms with E-state index in [-0.39, 0.29) is 22.7 Å².